The highest BCUT2D eigenvalue weighted by Gasteiger charge is 2.30. The zero-order valence-electron chi connectivity index (χ0n) is 13.9. The van der Waals surface area contributed by atoms with Gasteiger partial charge in [-0.1, -0.05) is 13.8 Å². The molecule has 0 aromatic carbocycles. The lowest BCUT2D eigenvalue weighted by Crippen LogP contribution is -2.48. The Balaban J connectivity index is 0.00000176. The molecule has 1 atom stereocenters. The van der Waals surface area contributed by atoms with Crippen molar-refractivity contribution in [2.75, 3.05) is 26.2 Å². The van der Waals surface area contributed by atoms with Gasteiger partial charge in [0, 0.05) is 44.6 Å². The van der Waals surface area contributed by atoms with Gasteiger partial charge in [0.15, 0.2) is 0 Å². The first kappa shape index (κ1) is 17.7. The standard InChI is InChI=1S/C18H29N3.ClH/c1-18(2)7-3-15(4-8-18)14-21-12-11-20-13-17(21)16-5-9-19-10-6-16;/h5-6,9-10,15,17,20H,3-4,7-8,11-14H2,1-2H3;1H. The molecule has 1 aromatic heterocycles. The normalized spacial score (nSPS) is 26.4. The second-order valence-corrected chi connectivity index (χ2v) is 7.60. The second kappa shape index (κ2) is 7.76. The molecule has 4 heteroatoms. The van der Waals surface area contributed by atoms with E-state index in [4.69, 9.17) is 0 Å². The molecule has 0 amide bonds. The molecule has 0 radical (unpaired) electrons. The number of halogens is 1. The van der Waals surface area contributed by atoms with Crippen molar-refractivity contribution >= 4 is 12.4 Å². The van der Waals surface area contributed by atoms with Crippen LogP contribution in [0.25, 0.3) is 0 Å². The SMILES string of the molecule is CC1(C)CCC(CN2CCNCC2c2ccncc2)CC1.Cl. The minimum absolute atomic E-state index is 0. The van der Waals surface area contributed by atoms with Crippen LogP contribution >= 0.6 is 12.4 Å². The van der Waals surface area contributed by atoms with Crippen LogP contribution in [0.5, 0.6) is 0 Å². The molecule has 1 aliphatic carbocycles. The van der Waals surface area contributed by atoms with Gasteiger partial charge in [-0.15, -0.1) is 12.4 Å². The maximum absolute atomic E-state index is 4.16. The van der Waals surface area contributed by atoms with E-state index >= 15 is 0 Å². The molecule has 1 unspecified atom stereocenters. The Hall–Kier alpha value is -0.640. The van der Waals surface area contributed by atoms with Crippen molar-refractivity contribution in [3.63, 3.8) is 0 Å². The maximum atomic E-state index is 4.16. The van der Waals surface area contributed by atoms with E-state index in [9.17, 15) is 0 Å². The highest BCUT2D eigenvalue weighted by molar-refractivity contribution is 5.85. The number of hydrogen-bond acceptors (Lipinski definition) is 3. The molecule has 2 heterocycles. The Morgan fingerprint density at radius 1 is 1.23 bits per heavy atom. The first-order chi connectivity index (χ1) is 10.1. The van der Waals surface area contributed by atoms with Crippen molar-refractivity contribution in [2.45, 2.75) is 45.6 Å². The number of pyridine rings is 1. The molecule has 1 saturated heterocycles. The van der Waals surface area contributed by atoms with E-state index in [1.54, 1.807) is 0 Å². The van der Waals surface area contributed by atoms with Gasteiger partial charge in [0.05, 0.1) is 0 Å². The summed E-state index contributed by atoms with van der Waals surface area (Å²) in [6.07, 6.45) is 9.43. The molecule has 1 N–H and O–H groups in total. The molecule has 3 nitrogen and oxygen atoms in total. The van der Waals surface area contributed by atoms with Gasteiger partial charge in [0.2, 0.25) is 0 Å². The third kappa shape index (κ3) is 4.43. The molecule has 0 spiro atoms. The number of nitrogens with zero attached hydrogens (tertiary/aromatic N) is 2. The molecule has 1 aliphatic heterocycles. The first-order valence-corrected chi connectivity index (χ1v) is 8.49. The summed E-state index contributed by atoms with van der Waals surface area (Å²) in [4.78, 5) is 6.86. The van der Waals surface area contributed by atoms with E-state index in [0.29, 0.717) is 11.5 Å². The fourth-order valence-corrected chi connectivity index (χ4v) is 3.85. The monoisotopic (exact) mass is 323 g/mol. The Bertz CT molecular complexity index is 439. The molecular weight excluding hydrogens is 294 g/mol. The van der Waals surface area contributed by atoms with Gasteiger partial charge in [0.1, 0.15) is 0 Å². The average molecular weight is 324 g/mol. The van der Waals surface area contributed by atoms with E-state index < -0.39 is 0 Å². The summed E-state index contributed by atoms with van der Waals surface area (Å²) in [5, 5.41) is 3.55. The lowest BCUT2D eigenvalue weighted by atomic mass is 9.73. The lowest BCUT2D eigenvalue weighted by Gasteiger charge is -2.41. The summed E-state index contributed by atoms with van der Waals surface area (Å²) in [7, 11) is 0. The van der Waals surface area contributed by atoms with Crippen molar-refractivity contribution < 1.29 is 0 Å². The van der Waals surface area contributed by atoms with E-state index in [2.05, 4.69) is 41.2 Å². The molecule has 3 rings (SSSR count). The Labute approximate surface area is 141 Å². The Kier molecular flexibility index (Phi) is 6.25. The molecule has 22 heavy (non-hydrogen) atoms. The van der Waals surface area contributed by atoms with Crippen molar-refractivity contribution in [3.05, 3.63) is 30.1 Å². The Morgan fingerprint density at radius 2 is 1.91 bits per heavy atom. The zero-order chi connectivity index (χ0) is 14.7. The minimum atomic E-state index is 0. The third-order valence-electron chi connectivity index (χ3n) is 5.40. The van der Waals surface area contributed by atoms with Gasteiger partial charge in [-0.2, -0.15) is 0 Å². The van der Waals surface area contributed by atoms with Crippen molar-refractivity contribution in [3.8, 4) is 0 Å². The number of nitrogens with one attached hydrogen (secondary N) is 1. The van der Waals surface area contributed by atoms with E-state index in [0.717, 1.165) is 19.0 Å². The second-order valence-electron chi connectivity index (χ2n) is 7.60. The van der Waals surface area contributed by atoms with Crippen LogP contribution < -0.4 is 5.32 Å². The molecular formula is C18H30ClN3. The molecule has 1 aromatic rings. The number of piperazine rings is 1. The highest BCUT2D eigenvalue weighted by atomic mass is 35.5. The van der Waals surface area contributed by atoms with Gasteiger partial charge < -0.3 is 5.32 Å². The van der Waals surface area contributed by atoms with Gasteiger partial charge in [-0.05, 0) is 54.7 Å². The molecule has 124 valence electrons. The average Bonchev–Trinajstić information content (AvgIpc) is 2.51. The van der Waals surface area contributed by atoms with Crippen LogP contribution in [-0.2, 0) is 0 Å². The topological polar surface area (TPSA) is 28.2 Å². The fourth-order valence-electron chi connectivity index (χ4n) is 3.85. The summed E-state index contributed by atoms with van der Waals surface area (Å²) in [6, 6.07) is 4.88. The van der Waals surface area contributed by atoms with Crippen LogP contribution in [0.2, 0.25) is 0 Å². The van der Waals surface area contributed by atoms with Gasteiger partial charge >= 0.3 is 0 Å². The summed E-state index contributed by atoms with van der Waals surface area (Å²) in [6.45, 7) is 9.49. The lowest BCUT2D eigenvalue weighted by molar-refractivity contribution is 0.100. The Morgan fingerprint density at radius 3 is 2.59 bits per heavy atom. The first-order valence-electron chi connectivity index (χ1n) is 8.49. The predicted molar refractivity (Wildman–Crippen MR) is 94.4 cm³/mol. The number of rotatable bonds is 3. The minimum Gasteiger partial charge on any atom is -0.314 e. The largest absolute Gasteiger partial charge is 0.314 e. The van der Waals surface area contributed by atoms with E-state index in [1.807, 2.05) is 12.4 Å². The van der Waals surface area contributed by atoms with E-state index in [-0.39, 0.29) is 12.4 Å². The van der Waals surface area contributed by atoms with Crippen molar-refractivity contribution in [1.82, 2.24) is 15.2 Å². The summed E-state index contributed by atoms with van der Waals surface area (Å²) >= 11 is 0. The predicted octanol–water partition coefficient (Wildman–Crippen LogP) is 3.67. The van der Waals surface area contributed by atoms with Gasteiger partial charge in [0.25, 0.3) is 0 Å². The van der Waals surface area contributed by atoms with Gasteiger partial charge in [-0.3, -0.25) is 9.88 Å². The maximum Gasteiger partial charge on any atom is 0.0474 e. The van der Waals surface area contributed by atoms with Crippen molar-refractivity contribution in [2.24, 2.45) is 11.3 Å². The summed E-state index contributed by atoms with van der Waals surface area (Å²) in [5.41, 5.74) is 1.98. The third-order valence-corrected chi connectivity index (χ3v) is 5.40. The fraction of sp³-hybridized carbons (Fsp3) is 0.722. The quantitative estimate of drug-likeness (QED) is 0.920. The van der Waals surface area contributed by atoms with Crippen LogP contribution in [-0.4, -0.2) is 36.1 Å². The van der Waals surface area contributed by atoms with Crippen molar-refractivity contribution in [1.29, 1.82) is 0 Å². The summed E-state index contributed by atoms with van der Waals surface area (Å²) < 4.78 is 0. The summed E-state index contributed by atoms with van der Waals surface area (Å²) in [5.74, 6) is 0.889. The van der Waals surface area contributed by atoms with Crippen LogP contribution in [0, 0.1) is 11.3 Å². The zero-order valence-corrected chi connectivity index (χ0v) is 14.7. The smallest absolute Gasteiger partial charge is 0.0474 e. The molecule has 2 fully saturated rings. The molecule has 1 saturated carbocycles. The number of hydrogen-bond donors (Lipinski definition) is 1. The van der Waals surface area contributed by atoms with Gasteiger partial charge in [-0.25, -0.2) is 0 Å². The highest BCUT2D eigenvalue weighted by Crippen LogP contribution is 2.39. The van der Waals surface area contributed by atoms with E-state index in [1.165, 1.54) is 44.3 Å². The number of aromatic nitrogens is 1. The van der Waals surface area contributed by atoms with Crippen LogP contribution in [0.3, 0.4) is 0 Å². The molecule has 2 aliphatic rings. The van der Waals surface area contributed by atoms with Crippen LogP contribution in [0.15, 0.2) is 24.5 Å². The van der Waals surface area contributed by atoms with Crippen LogP contribution in [0.1, 0.15) is 51.1 Å². The molecule has 0 bridgehead atoms. The van der Waals surface area contributed by atoms with Crippen LogP contribution in [0.4, 0.5) is 0 Å².